The number of para-hydroxylation sites is 1. The van der Waals surface area contributed by atoms with Crippen LogP contribution in [0.4, 0.5) is 5.69 Å². The summed E-state index contributed by atoms with van der Waals surface area (Å²) in [5.74, 6) is 1.02. The van der Waals surface area contributed by atoms with Crippen LogP contribution in [0.15, 0.2) is 95.7 Å². The van der Waals surface area contributed by atoms with Crippen molar-refractivity contribution >= 4 is 33.3 Å². The van der Waals surface area contributed by atoms with Gasteiger partial charge in [-0.1, -0.05) is 83.5 Å². The Kier molecular flexibility index (Phi) is 6.63. The minimum atomic E-state index is -0.121. The van der Waals surface area contributed by atoms with Crippen molar-refractivity contribution in [2.45, 2.75) is 51.5 Å². The van der Waals surface area contributed by atoms with Crippen LogP contribution in [0.3, 0.4) is 0 Å². The molecule has 1 aromatic heterocycles. The van der Waals surface area contributed by atoms with Crippen LogP contribution in [-0.4, -0.2) is 33.9 Å². The lowest BCUT2D eigenvalue weighted by atomic mass is 9.81. The number of benzene rings is 3. The van der Waals surface area contributed by atoms with Crippen LogP contribution in [0.5, 0.6) is 0 Å². The van der Waals surface area contributed by atoms with E-state index < -0.39 is 0 Å². The number of rotatable bonds is 7. The maximum Gasteiger partial charge on any atom is 0.266 e. The van der Waals surface area contributed by atoms with E-state index in [2.05, 4.69) is 81.2 Å². The van der Waals surface area contributed by atoms with Crippen molar-refractivity contribution in [3.8, 4) is 0 Å². The van der Waals surface area contributed by atoms with Crippen molar-refractivity contribution in [2.24, 2.45) is 0 Å². The van der Waals surface area contributed by atoms with E-state index in [1.165, 1.54) is 16.8 Å². The fraction of sp³-hybridized carbons (Fsp3) is 0.281. The molecule has 0 bridgehead atoms. The normalized spacial score (nSPS) is 19.7. The summed E-state index contributed by atoms with van der Waals surface area (Å²) in [5.41, 5.74) is 4.32. The van der Waals surface area contributed by atoms with Crippen LogP contribution in [0.1, 0.15) is 40.7 Å². The molecule has 2 atom stereocenters. The predicted octanol–water partition coefficient (Wildman–Crippen LogP) is 5.27. The molecule has 2 aliphatic rings. The number of hydrogen-bond acceptors (Lipinski definition) is 3. The SMILES string of the molecule is Cc1n(CC(=O)N2CCC3(C)c4ccccc4N(Cc4ccccc4)C23)cc[n+]1CC(=O)c1ccc(Br)cc1. The Morgan fingerprint density at radius 3 is 2.49 bits per heavy atom. The Bertz CT molecular complexity index is 1530. The van der Waals surface area contributed by atoms with Gasteiger partial charge in [0.1, 0.15) is 18.6 Å². The van der Waals surface area contributed by atoms with E-state index in [0.717, 1.165) is 29.8 Å². The molecular formula is C32H32BrN4O2+. The van der Waals surface area contributed by atoms with Crippen LogP contribution in [0.2, 0.25) is 0 Å². The fourth-order valence-corrected chi connectivity index (χ4v) is 6.54. The molecule has 198 valence electrons. The van der Waals surface area contributed by atoms with Gasteiger partial charge in [-0.2, -0.15) is 0 Å². The van der Waals surface area contributed by atoms with Crippen molar-refractivity contribution < 1.29 is 14.2 Å². The monoisotopic (exact) mass is 583 g/mol. The summed E-state index contributed by atoms with van der Waals surface area (Å²) >= 11 is 3.42. The Labute approximate surface area is 237 Å². The van der Waals surface area contributed by atoms with Crippen molar-refractivity contribution in [3.05, 3.63) is 118 Å². The van der Waals surface area contributed by atoms with Crippen LogP contribution in [-0.2, 0) is 29.8 Å². The number of carbonyl (C=O) groups excluding carboxylic acids is 2. The second-order valence-electron chi connectivity index (χ2n) is 10.8. The van der Waals surface area contributed by atoms with Gasteiger partial charge in [0.05, 0.1) is 0 Å². The highest BCUT2D eigenvalue weighted by atomic mass is 79.9. The second-order valence-corrected chi connectivity index (χ2v) is 11.7. The Morgan fingerprint density at radius 2 is 1.72 bits per heavy atom. The van der Waals surface area contributed by atoms with E-state index in [1.807, 2.05) is 58.8 Å². The van der Waals surface area contributed by atoms with Gasteiger partial charge in [0.2, 0.25) is 5.78 Å². The largest absolute Gasteiger partial charge is 0.346 e. The van der Waals surface area contributed by atoms with Crippen molar-refractivity contribution in [1.82, 2.24) is 9.47 Å². The van der Waals surface area contributed by atoms with E-state index in [1.54, 1.807) is 0 Å². The predicted molar refractivity (Wildman–Crippen MR) is 154 cm³/mol. The van der Waals surface area contributed by atoms with E-state index in [9.17, 15) is 9.59 Å². The standard InChI is InChI=1S/C32H32BrN4O2/c1-23-34(21-29(38)25-12-14-26(33)15-13-25)18-19-35(23)22-30(39)36-17-16-32(2)27-10-6-7-11-28(27)37(31(32)36)20-24-8-4-3-5-9-24/h3-15,18-19,31H,16-17,20-22H2,1-2H3/q+1. The minimum absolute atomic E-state index is 0.0373. The first kappa shape index (κ1) is 25.6. The molecule has 6 rings (SSSR count). The number of ketones is 1. The number of aromatic nitrogens is 2. The quantitative estimate of drug-likeness (QED) is 0.220. The van der Waals surface area contributed by atoms with Crippen LogP contribution >= 0.6 is 15.9 Å². The fourth-order valence-electron chi connectivity index (χ4n) is 6.28. The molecule has 39 heavy (non-hydrogen) atoms. The van der Waals surface area contributed by atoms with Gasteiger partial charge >= 0.3 is 0 Å². The second kappa shape index (κ2) is 10.1. The summed E-state index contributed by atoms with van der Waals surface area (Å²) in [5, 5.41) is 0. The summed E-state index contributed by atoms with van der Waals surface area (Å²) < 4.78 is 4.81. The van der Waals surface area contributed by atoms with E-state index in [0.29, 0.717) is 5.56 Å². The number of hydrogen-bond donors (Lipinski definition) is 0. The maximum atomic E-state index is 13.9. The molecule has 0 spiro atoms. The first-order chi connectivity index (χ1) is 18.8. The average molecular weight is 585 g/mol. The lowest BCUT2D eigenvalue weighted by Gasteiger charge is -2.36. The number of imidazole rings is 1. The molecule has 0 saturated carbocycles. The maximum absolute atomic E-state index is 13.9. The lowest BCUT2D eigenvalue weighted by molar-refractivity contribution is -0.688. The highest BCUT2D eigenvalue weighted by molar-refractivity contribution is 9.10. The topological polar surface area (TPSA) is 49.4 Å². The highest BCUT2D eigenvalue weighted by Gasteiger charge is 2.55. The number of anilines is 1. The summed E-state index contributed by atoms with van der Waals surface area (Å²) in [7, 11) is 0. The third kappa shape index (κ3) is 4.59. The molecule has 0 aliphatic carbocycles. The molecule has 1 amide bonds. The molecular weight excluding hydrogens is 552 g/mol. The number of amides is 1. The van der Waals surface area contributed by atoms with Gasteiger partial charge < -0.3 is 9.80 Å². The van der Waals surface area contributed by atoms with E-state index in [4.69, 9.17) is 0 Å². The molecule has 2 aliphatic heterocycles. The summed E-state index contributed by atoms with van der Waals surface area (Å²) in [6.45, 7) is 6.22. The van der Waals surface area contributed by atoms with Crippen molar-refractivity contribution in [3.63, 3.8) is 0 Å². The average Bonchev–Trinajstić information content (AvgIpc) is 3.55. The third-order valence-corrected chi connectivity index (χ3v) is 8.95. The van der Waals surface area contributed by atoms with Gasteiger partial charge in [0.25, 0.3) is 11.7 Å². The first-order valence-electron chi connectivity index (χ1n) is 13.4. The van der Waals surface area contributed by atoms with Crippen molar-refractivity contribution in [1.29, 1.82) is 0 Å². The lowest BCUT2D eigenvalue weighted by Crippen LogP contribution is -2.51. The number of halogens is 1. The van der Waals surface area contributed by atoms with E-state index in [-0.39, 0.29) is 36.4 Å². The van der Waals surface area contributed by atoms with Crippen LogP contribution < -0.4 is 9.47 Å². The molecule has 0 N–H and O–H groups in total. The molecule has 0 radical (unpaired) electrons. The zero-order valence-electron chi connectivity index (χ0n) is 22.3. The first-order valence-corrected chi connectivity index (χ1v) is 14.2. The molecule has 2 unspecified atom stereocenters. The summed E-state index contributed by atoms with van der Waals surface area (Å²) in [6, 6.07) is 26.5. The Hall–Kier alpha value is -3.71. The molecule has 1 saturated heterocycles. The zero-order valence-corrected chi connectivity index (χ0v) is 23.8. The molecule has 3 aromatic carbocycles. The smallest absolute Gasteiger partial charge is 0.266 e. The Morgan fingerprint density at radius 1 is 1.00 bits per heavy atom. The number of likely N-dealkylation sites (tertiary alicyclic amines) is 1. The molecule has 3 heterocycles. The minimum Gasteiger partial charge on any atom is -0.346 e. The molecule has 6 nitrogen and oxygen atoms in total. The summed E-state index contributed by atoms with van der Waals surface area (Å²) in [4.78, 5) is 31.2. The Balaban J connectivity index is 1.22. The van der Waals surface area contributed by atoms with Crippen LogP contribution in [0.25, 0.3) is 0 Å². The van der Waals surface area contributed by atoms with Crippen molar-refractivity contribution in [2.75, 3.05) is 11.4 Å². The number of carbonyl (C=O) groups is 2. The molecule has 7 heteroatoms. The summed E-state index contributed by atoms with van der Waals surface area (Å²) in [6.07, 6.45) is 4.69. The van der Waals surface area contributed by atoms with Crippen LogP contribution in [0, 0.1) is 6.92 Å². The number of fused-ring (bicyclic) bond motifs is 3. The van der Waals surface area contributed by atoms with Gasteiger partial charge in [-0.05, 0) is 35.7 Å². The van der Waals surface area contributed by atoms with Gasteiger partial charge in [-0.3, -0.25) is 9.59 Å². The number of Topliss-reactive ketones (excluding diaryl/α,β-unsaturated/α-hetero) is 1. The van der Waals surface area contributed by atoms with Gasteiger partial charge in [0, 0.05) is 41.2 Å². The molecule has 1 fully saturated rings. The third-order valence-electron chi connectivity index (χ3n) is 8.42. The van der Waals surface area contributed by atoms with Gasteiger partial charge in [-0.25, -0.2) is 9.13 Å². The molecule has 4 aromatic rings. The zero-order chi connectivity index (χ0) is 27.1. The number of nitrogens with zero attached hydrogens (tertiary/aromatic N) is 4. The van der Waals surface area contributed by atoms with Gasteiger partial charge in [0.15, 0.2) is 13.1 Å². The highest BCUT2D eigenvalue weighted by Crippen LogP contribution is 2.52. The van der Waals surface area contributed by atoms with E-state index >= 15 is 0 Å². The van der Waals surface area contributed by atoms with Gasteiger partial charge in [-0.15, -0.1) is 0 Å².